The van der Waals surface area contributed by atoms with Crippen LogP contribution in [0.15, 0.2) is 65.2 Å². The topological polar surface area (TPSA) is 67.9 Å². The van der Waals surface area contributed by atoms with Gasteiger partial charge in [-0.15, -0.1) is 10.2 Å². The molecule has 0 fully saturated rings. The summed E-state index contributed by atoms with van der Waals surface area (Å²) in [4.78, 5) is 6.54. The maximum atomic E-state index is 13.1. The van der Waals surface area contributed by atoms with Crippen molar-refractivity contribution < 1.29 is 8.91 Å². The molecule has 5 rings (SSSR count). The highest BCUT2D eigenvalue weighted by Gasteiger charge is 2.18. The molecule has 3 heterocycles. The molecule has 0 spiro atoms. The average Bonchev–Trinajstić information content (AvgIpc) is 3.24. The summed E-state index contributed by atoms with van der Waals surface area (Å²) in [7, 11) is 0. The Labute approximate surface area is 160 Å². The Kier molecular flexibility index (Phi) is 4.05. The van der Waals surface area contributed by atoms with Gasteiger partial charge in [0.2, 0.25) is 5.82 Å². The van der Waals surface area contributed by atoms with Gasteiger partial charge in [0, 0.05) is 18.7 Å². The van der Waals surface area contributed by atoms with Crippen LogP contribution in [-0.4, -0.2) is 26.9 Å². The van der Waals surface area contributed by atoms with Gasteiger partial charge < -0.3 is 9.42 Å². The van der Waals surface area contributed by atoms with E-state index in [-0.39, 0.29) is 11.7 Å². The summed E-state index contributed by atoms with van der Waals surface area (Å²) in [6.07, 6.45) is 0.990. The molecule has 0 unspecified atom stereocenters. The smallest absolute Gasteiger partial charge is 0.278 e. The van der Waals surface area contributed by atoms with E-state index in [1.807, 2.05) is 12.1 Å². The number of benzene rings is 2. The minimum absolute atomic E-state index is 0.280. The molecule has 1 aliphatic rings. The summed E-state index contributed by atoms with van der Waals surface area (Å²) in [5, 5.41) is 12.5. The predicted octanol–water partition coefficient (Wildman–Crippen LogP) is 3.90. The number of hydrogen-bond donors (Lipinski definition) is 0. The first-order valence-corrected chi connectivity index (χ1v) is 9.02. The Morgan fingerprint density at radius 1 is 0.893 bits per heavy atom. The van der Waals surface area contributed by atoms with E-state index >= 15 is 0 Å². The largest absolute Gasteiger partial charge is 0.350 e. The highest BCUT2D eigenvalue weighted by Crippen LogP contribution is 2.25. The van der Waals surface area contributed by atoms with Gasteiger partial charge in [-0.05, 0) is 53.9 Å². The highest BCUT2D eigenvalue weighted by atomic mass is 19.1. The van der Waals surface area contributed by atoms with E-state index in [2.05, 4.69) is 49.5 Å². The van der Waals surface area contributed by atoms with Crippen LogP contribution in [0.5, 0.6) is 0 Å². The molecule has 4 aromatic rings. The average molecular weight is 373 g/mol. The van der Waals surface area contributed by atoms with E-state index in [0.717, 1.165) is 25.3 Å². The summed E-state index contributed by atoms with van der Waals surface area (Å²) in [5.74, 6) is 1.17. The fourth-order valence-electron chi connectivity index (χ4n) is 3.34. The zero-order chi connectivity index (χ0) is 18.9. The van der Waals surface area contributed by atoms with E-state index in [1.165, 1.54) is 23.3 Å². The lowest BCUT2D eigenvalue weighted by Gasteiger charge is -2.29. The van der Waals surface area contributed by atoms with E-state index in [0.29, 0.717) is 17.1 Å². The molecule has 0 saturated heterocycles. The van der Waals surface area contributed by atoms with Crippen molar-refractivity contribution in [2.45, 2.75) is 13.0 Å². The van der Waals surface area contributed by atoms with E-state index < -0.39 is 0 Å². The van der Waals surface area contributed by atoms with E-state index in [4.69, 9.17) is 4.52 Å². The zero-order valence-corrected chi connectivity index (χ0v) is 14.9. The number of fused-ring (bicyclic) bond motifs is 1. The normalized spacial score (nSPS) is 13.4. The number of halogens is 1. The minimum atomic E-state index is -0.311. The van der Waals surface area contributed by atoms with Gasteiger partial charge in [-0.25, -0.2) is 4.39 Å². The summed E-state index contributed by atoms with van der Waals surface area (Å²) < 4.78 is 18.4. The quantitative estimate of drug-likeness (QED) is 0.543. The molecule has 1 aliphatic heterocycles. The fraction of sp³-hybridized carbons (Fsp3) is 0.143. The molecule has 6 nitrogen and oxygen atoms in total. The summed E-state index contributed by atoms with van der Waals surface area (Å²) in [6.45, 7) is 1.72. The van der Waals surface area contributed by atoms with Gasteiger partial charge in [-0.3, -0.25) is 0 Å². The molecule has 0 atom stereocenters. The molecule has 0 amide bonds. The molecule has 0 saturated carbocycles. The summed E-state index contributed by atoms with van der Waals surface area (Å²) in [5.41, 5.74) is 3.89. The Balaban J connectivity index is 1.35. The first-order valence-electron chi connectivity index (χ1n) is 9.02. The van der Waals surface area contributed by atoms with Gasteiger partial charge in [-0.2, -0.15) is 4.98 Å². The maximum absolute atomic E-state index is 13.1. The lowest BCUT2D eigenvalue weighted by Crippen LogP contribution is -2.31. The SMILES string of the molecule is Fc1ccc(-c2noc(-c3ccc(N4CCc5ccccc5C4)nn3)n2)cc1. The van der Waals surface area contributed by atoms with Crippen molar-refractivity contribution >= 4 is 5.82 Å². The zero-order valence-electron chi connectivity index (χ0n) is 14.9. The van der Waals surface area contributed by atoms with E-state index in [9.17, 15) is 4.39 Å². The maximum Gasteiger partial charge on any atom is 0.278 e. The van der Waals surface area contributed by atoms with Crippen LogP contribution in [0.1, 0.15) is 11.1 Å². The third-order valence-electron chi connectivity index (χ3n) is 4.85. The fourth-order valence-corrected chi connectivity index (χ4v) is 3.34. The lowest BCUT2D eigenvalue weighted by molar-refractivity contribution is 0.430. The first kappa shape index (κ1) is 16.6. The van der Waals surface area contributed by atoms with Crippen LogP contribution in [0.25, 0.3) is 23.0 Å². The molecular formula is C21H16FN5O. The number of anilines is 1. The molecule has 0 radical (unpaired) electrons. The number of aromatic nitrogens is 4. The molecule has 0 N–H and O–H groups in total. The van der Waals surface area contributed by atoms with Crippen molar-refractivity contribution in [2.24, 2.45) is 0 Å². The minimum Gasteiger partial charge on any atom is -0.350 e. The summed E-state index contributed by atoms with van der Waals surface area (Å²) in [6, 6.07) is 18.1. The van der Waals surface area contributed by atoms with Crippen LogP contribution >= 0.6 is 0 Å². The molecule has 0 bridgehead atoms. The van der Waals surface area contributed by atoms with Crippen molar-refractivity contribution in [3.63, 3.8) is 0 Å². The van der Waals surface area contributed by atoms with Gasteiger partial charge in [0.1, 0.15) is 5.82 Å². The number of nitrogens with zero attached hydrogens (tertiary/aromatic N) is 5. The molecular weight excluding hydrogens is 357 g/mol. The standard InChI is InChI=1S/C21H16FN5O/c22-17-7-5-15(6-8-17)20-23-21(28-26-20)18-9-10-19(25-24-18)27-12-11-14-3-1-2-4-16(14)13-27/h1-10H,11-13H2. The van der Waals surface area contributed by atoms with Gasteiger partial charge in [0.25, 0.3) is 5.89 Å². The van der Waals surface area contributed by atoms with Gasteiger partial charge in [-0.1, -0.05) is 29.4 Å². The monoisotopic (exact) mass is 373 g/mol. The Bertz CT molecular complexity index is 1110. The van der Waals surface area contributed by atoms with Gasteiger partial charge >= 0.3 is 0 Å². The van der Waals surface area contributed by atoms with Crippen molar-refractivity contribution in [1.29, 1.82) is 0 Å². The number of rotatable bonds is 3. The van der Waals surface area contributed by atoms with Crippen LogP contribution in [0.2, 0.25) is 0 Å². The molecule has 28 heavy (non-hydrogen) atoms. The Morgan fingerprint density at radius 2 is 1.71 bits per heavy atom. The van der Waals surface area contributed by atoms with Gasteiger partial charge in [0.15, 0.2) is 11.5 Å². The molecule has 2 aromatic heterocycles. The second kappa shape index (κ2) is 6.84. The molecule has 0 aliphatic carbocycles. The molecule has 7 heteroatoms. The Morgan fingerprint density at radius 3 is 2.50 bits per heavy atom. The van der Waals surface area contributed by atoms with Crippen molar-refractivity contribution in [3.05, 3.63) is 77.6 Å². The van der Waals surface area contributed by atoms with Crippen molar-refractivity contribution in [2.75, 3.05) is 11.4 Å². The number of hydrogen-bond acceptors (Lipinski definition) is 6. The van der Waals surface area contributed by atoms with Crippen LogP contribution in [0.3, 0.4) is 0 Å². The van der Waals surface area contributed by atoms with Crippen LogP contribution in [0.4, 0.5) is 10.2 Å². The van der Waals surface area contributed by atoms with E-state index in [1.54, 1.807) is 12.1 Å². The van der Waals surface area contributed by atoms with Crippen molar-refractivity contribution in [3.8, 4) is 23.0 Å². The Hall–Kier alpha value is -3.61. The first-order chi connectivity index (χ1) is 13.8. The second-order valence-corrected chi connectivity index (χ2v) is 6.65. The third kappa shape index (κ3) is 3.11. The second-order valence-electron chi connectivity index (χ2n) is 6.65. The van der Waals surface area contributed by atoms with Crippen LogP contribution in [0, 0.1) is 5.82 Å². The summed E-state index contributed by atoms with van der Waals surface area (Å²) >= 11 is 0. The molecule has 138 valence electrons. The predicted molar refractivity (Wildman–Crippen MR) is 102 cm³/mol. The molecule has 2 aromatic carbocycles. The van der Waals surface area contributed by atoms with Gasteiger partial charge in [0.05, 0.1) is 0 Å². The van der Waals surface area contributed by atoms with Crippen LogP contribution < -0.4 is 4.90 Å². The third-order valence-corrected chi connectivity index (χ3v) is 4.85. The van der Waals surface area contributed by atoms with Crippen molar-refractivity contribution in [1.82, 2.24) is 20.3 Å². The van der Waals surface area contributed by atoms with Crippen LogP contribution in [-0.2, 0) is 13.0 Å². The lowest BCUT2D eigenvalue weighted by atomic mass is 10.00. The highest BCUT2D eigenvalue weighted by molar-refractivity contribution is 5.58.